The second kappa shape index (κ2) is 8.62. The van der Waals surface area contributed by atoms with Gasteiger partial charge in [-0.05, 0) is 30.7 Å². The molecule has 2 rings (SSSR count). The lowest BCUT2D eigenvalue weighted by atomic mass is 10.2. The fraction of sp³-hybridized carbons (Fsp3) is 0.263. The third-order valence-electron chi connectivity index (χ3n) is 3.72. The van der Waals surface area contributed by atoms with Gasteiger partial charge < -0.3 is 24.1 Å². The highest BCUT2D eigenvalue weighted by atomic mass is 32.2. The van der Waals surface area contributed by atoms with Gasteiger partial charge in [0.2, 0.25) is 5.75 Å². The summed E-state index contributed by atoms with van der Waals surface area (Å²) < 4.78 is 33.8. The first-order chi connectivity index (χ1) is 12.4. The standard InChI is InChI=1S/C19H22O6S/c1-12(8-13-6-7-16(22-2)15(20)9-13)26(21)14-10-17(23-3)19(25-5)18(11-14)24-4/h6-11,20H,1-5H3/b12-8+. The maximum absolute atomic E-state index is 12.9. The van der Waals surface area contributed by atoms with Crippen molar-refractivity contribution in [3.63, 3.8) is 0 Å². The lowest BCUT2D eigenvalue weighted by Gasteiger charge is -2.14. The Bertz CT molecular complexity index is 819. The summed E-state index contributed by atoms with van der Waals surface area (Å²) in [5.74, 6) is 1.71. The molecule has 0 aliphatic heterocycles. The average molecular weight is 378 g/mol. The molecule has 0 aliphatic carbocycles. The monoisotopic (exact) mass is 378 g/mol. The third kappa shape index (κ3) is 4.11. The first-order valence-corrected chi connectivity index (χ1v) is 8.87. The molecule has 1 unspecified atom stereocenters. The minimum absolute atomic E-state index is 0.0209. The highest BCUT2D eigenvalue weighted by Crippen LogP contribution is 2.40. The van der Waals surface area contributed by atoms with Gasteiger partial charge in [0, 0.05) is 17.0 Å². The maximum Gasteiger partial charge on any atom is 0.203 e. The fourth-order valence-corrected chi connectivity index (χ4v) is 3.48. The molecule has 140 valence electrons. The lowest BCUT2D eigenvalue weighted by Crippen LogP contribution is -1.99. The summed E-state index contributed by atoms with van der Waals surface area (Å²) in [4.78, 5) is 1.12. The number of allylic oxidation sites excluding steroid dienone is 1. The molecular weight excluding hydrogens is 356 g/mol. The smallest absolute Gasteiger partial charge is 0.203 e. The predicted octanol–water partition coefficient (Wildman–Crippen LogP) is 3.60. The largest absolute Gasteiger partial charge is 0.504 e. The predicted molar refractivity (Wildman–Crippen MR) is 101 cm³/mol. The highest BCUT2D eigenvalue weighted by Gasteiger charge is 2.17. The maximum atomic E-state index is 12.9. The molecule has 2 aromatic carbocycles. The lowest BCUT2D eigenvalue weighted by molar-refractivity contribution is 0.323. The van der Waals surface area contributed by atoms with Crippen LogP contribution in [0.3, 0.4) is 0 Å². The summed E-state index contributed by atoms with van der Waals surface area (Å²) in [6.07, 6.45) is 1.73. The Labute approximate surface area is 155 Å². The van der Waals surface area contributed by atoms with E-state index in [0.29, 0.717) is 38.4 Å². The molecule has 6 nitrogen and oxygen atoms in total. The van der Waals surface area contributed by atoms with Crippen molar-refractivity contribution in [2.24, 2.45) is 0 Å². The number of rotatable bonds is 7. The number of benzene rings is 2. The number of hydrogen-bond acceptors (Lipinski definition) is 6. The Kier molecular flexibility index (Phi) is 6.52. The van der Waals surface area contributed by atoms with Gasteiger partial charge in [0.25, 0.3) is 0 Å². The molecule has 0 spiro atoms. The second-order valence-electron chi connectivity index (χ2n) is 5.32. The van der Waals surface area contributed by atoms with E-state index >= 15 is 0 Å². The Morgan fingerprint density at radius 1 is 0.923 bits per heavy atom. The number of ether oxygens (including phenoxy) is 4. The van der Waals surface area contributed by atoms with Gasteiger partial charge in [-0.1, -0.05) is 6.07 Å². The SMILES string of the molecule is COc1ccc(/C=C(\C)S(=O)c2cc(OC)c(OC)c(OC)c2)cc1O. The van der Waals surface area contributed by atoms with E-state index in [1.54, 1.807) is 43.3 Å². The van der Waals surface area contributed by atoms with Gasteiger partial charge in [-0.2, -0.15) is 0 Å². The number of methoxy groups -OCH3 is 4. The van der Waals surface area contributed by atoms with Gasteiger partial charge >= 0.3 is 0 Å². The van der Waals surface area contributed by atoms with Crippen molar-refractivity contribution >= 4 is 16.9 Å². The quantitative estimate of drug-likeness (QED) is 0.794. The third-order valence-corrected chi connectivity index (χ3v) is 5.08. The summed E-state index contributed by atoms with van der Waals surface area (Å²) in [5, 5.41) is 9.88. The van der Waals surface area contributed by atoms with Crippen LogP contribution in [0.15, 0.2) is 40.1 Å². The number of hydrogen-bond donors (Lipinski definition) is 1. The van der Waals surface area contributed by atoms with E-state index in [2.05, 4.69) is 0 Å². The zero-order valence-electron chi connectivity index (χ0n) is 15.4. The van der Waals surface area contributed by atoms with E-state index in [0.717, 1.165) is 0 Å². The van der Waals surface area contributed by atoms with Crippen LogP contribution in [0.25, 0.3) is 6.08 Å². The van der Waals surface area contributed by atoms with Crippen LogP contribution >= 0.6 is 0 Å². The van der Waals surface area contributed by atoms with E-state index in [1.807, 2.05) is 0 Å². The topological polar surface area (TPSA) is 74.2 Å². The van der Waals surface area contributed by atoms with Crippen molar-refractivity contribution in [1.29, 1.82) is 0 Å². The summed E-state index contributed by atoms with van der Waals surface area (Å²) in [5.41, 5.74) is 0.710. The highest BCUT2D eigenvalue weighted by molar-refractivity contribution is 7.89. The summed E-state index contributed by atoms with van der Waals surface area (Å²) in [7, 11) is 4.56. The van der Waals surface area contributed by atoms with Gasteiger partial charge in [0.1, 0.15) is 0 Å². The van der Waals surface area contributed by atoms with E-state index in [4.69, 9.17) is 18.9 Å². The van der Waals surface area contributed by atoms with Crippen molar-refractivity contribution in [1.82, 2.24) is 0 Å². The minimum atomic E-state index is -1.44. The van der Waals surface area contributed by atoms with Crippen LogP contribution in [-0.4, -0.2) is 37.8 Å². The Morgan fingerprint density at radius 3 is 1.96 bits per heavy atom. The van der Waals surface area contributed by atoms with E-state index in [-0.39, 0.29) is 5.75 Å². The minimum Gasteiger partial charge on any atom is -0.504 e. The molecule has 0 radical (unpaired) electrons. The molecule has 0 saturated heterocycles. The zero-order valence-corrected chi connectivity index (χ0v) is 16.2. The van der Waals surface area contributed by atoms with Gasteiger partial charge in [-0.3, -0.25) is 0 Å². The number of phenols is 1. The molecule has 7 heteroatoms. The normalized spacial score (nSPS) is 12.4. The second-order valence-corrected chi connectivity index (χ2v) is 6.97. The van der Waals surface area contributed by atoms with Crippen LogP contribution in [0.1, 0.15) is 12.5 Å². The number of phenolic OH excluding ortho intramolecular Hbond substituents is 1. The van der Waals surface area contributed by atoms with Crippen LogP contribution in [0, 0.1) is 0 Å². The van der Waals surface area contributed by atoms with Crippen molar-refractivity contribution in [2.45, 2.75) is 11.8 Å². The van der Waals surface area contributed by atoms with Crippen LogP contribution < -0.4 is 18.9 Å². The molecular formula is C19H22O6S. The summed E-state index contributed by atoms with van der Waals surface area (Å²) >= 11 is 0. The summed E-state index contributed by atoms with van der Waals surface area (Å²) in [6.45, 7) is 1.75. The van der Waals surface area contributed by atoms with E-state index in [1.165, 1.54) is 28.4 Å². The van der Waals surface area contributed by atoms with Crippen LogP contribution in [-0.2, 0) is 10.8 Å². The average Bonchev–Trinajstić information content (AvgIpc) is 2.66. The Balaban J connectivity index is 2.40. The molecule has 0 fully saturated rings. The Hall–Kier alpha value is -2.67. The van der Waals surface area contributed by atoms with Gasteiger partial charge in [-0.25, -0.2) is 4.21 Å². The van der Waals surface area contributed by atoms with Crippen molar-refractivity contribution in [3.05, 3.63) is 40.8 Å². The molecule has 0 aliphatic rings. The van der Waals surface area contributed by atoms with Gasteiger partial charge in [-0.15, -0.1) is 0 Å². The van der Waals surface area contributed by atoms with Gasteiger partial charge in [0.15, 0.2) is 23.0 Å². The molecule has 0 heterocycles. The van der Waals surface area contributed by atoms with Crippen LogP contribution in [0.4, 0.5) is 0 Å². The van der Waals surface area contributed by atoms with E-state index in [9.17, 15) is 9.32 Å². The molecule has 1 atom stereocenters. The molecule has 0 aromatic heterocycles. The van der Waals surface area contributed by atoms with Gasteiger partial charge in [0.05, 0.1) is 44.1 Å². The Morgan fingerprint density at radius 2 is 1.50 bits per heavy atom. The molecule has 0 bridgehead atoms. The van der Waals surface area contributed by atoms with Crippen molar-refractivity contribution < 1.29 is 28.3 Å². The first kappa shape index (κ1) is 19.7. The molecule has 0 amide bonds. The van der Waals surface area contributed by atoms with Crippen molar-refractivity contribution in [2.75, 3.05) is 28.4 Å². The fourth-order valence-electron chi connectivity index (χ4n) is 2.43. The molecule has 0 saturated carbocycles. The first-order valence-electron chi connectivity index (χ1n) is 7.72. The van der Waals surface area contributed by atoms with E-state index < -0.39 is 10.8 Å². The van der Waals surface area contributed by atoms with Crippen LogP contribution in [0.2, 0.25) is 0 Å². The summed E-state index contributed by atoms with van der Waals surface area (Å²) in [6, 6.07) is 8.28. The molecule has 2 aromatic rings. The zero-order chi connectivity index (χ0) is 19.3. The van der Waals surface area contributed by atoms with Crippen molar-refractivity contribution in [3.8, 4) is 28.7 Å². The number of aromatic hydroxyl groups is 1. The molecule has 26 heavy (non-hydrogen) atoms. The molecule has 1 N–H and O–H groups in total. The van der Waals surface area contributed by atoms with Crippen LogP contribution in [0.5, 0.6) is 28.7 Å².